The van der Waals surface area contributed by atoms with Gasteiger partial charge in [-0.05, 0) is 27.7 Å². The first-order chi connectivity index (χ1) is 7.17. The van der Waals surface area contributed by atoms with Gasteiger partial charge in [0.25, 0.3) is 0 Å². The standard InChI is InChI=1S/C11H24N2O2/c1-5-13(6-2)11(14)10(4)12-8-9-15-7-3/h10,12H,5-9H2,1-4H3. The van der Waals surface area contributed by atoms with Crippen molar-refractivity contribution in [3.8, 4) is 0 Å². The number of hydrogen-bond donors (Lipinski definition) is 1. The number of hydrogen-bond acceptors (Lipinski definition) is 3. The average Bonchev–Trinajstić information content (AvgIpc) is 2.25. The summed E-state index contributed by atoms with van der Waals surface area (Å²) in [6.07, 6.45) is 0. The zero-order chi connectivity index (χ0) is 11.7. The third-order valence-corrected chi connectivity index (χ3v) is 2.35. The summed E-state index contributed by atoms with van der Waals surface area (Å²) in [5.74, 6) is 0.163. The first-order valence-corrected chi connectivity index (χ1v) is 5.77. The average molecular weight is 216 g/mol. The van der Waals surface area contributed by atoms with Crippen LogP contribution in [0.2, 0.25) is 0 Å². The van der Waals surface area contributed by atoms with Gasteiger partial charge in [0.05, 0.1) is 12.6 Å². The molecule has 1 N–H and O–H groups in total. The molecule has 0 aromatic carbocycles. The lowest BCUT2D eigenvalue weighted by Crippen LogP contribution is -2.45. The third-order valence-electron chi connectivity index (χ3n) is 2.35. The SMILES string of the molecule is CCOCCNC(C)C(=O)N(CC)CC. The van der Waals surface area contributed by atoms with E-state index in [1.165, 1.54) is 0 Å². The first-order valence-electron chi connectivity index (χ1n) is 5.77. The van der Waals surface area contributed by atoms with E-state index in [2.05, 4.69) is 5.32 Å². The van der Waals surface area contributed by atoms with Crippen molar-refractivity contribution in [1.82, 2.24) is 10.2 Å². The van der Waals surface area contributed by atoms with Crippen molar-refractivity contribution >= 4 is 5.91 Å². The molecule has 0 heterocycles. The first kappa shape index (κ1) is 14.4. The molecule has 0 rings (SSSR count). The summed E-state index contributed by atoms with van der Waals surface area (Å²) in [6.45, 7) is 11.5. The van der Waals surface area contributed by atoms with Gasteiger partial charge in [-0.3, -0.25) is 4.79 Å². The van der Waals surface area contributed by atoms with Gasteiger partial charge in [-0.15, -0.1) is 0 Å². The van der Waals surface area contributed by atoms with Gasteiger partial charge < -0.3 is 15.0 Å². The molecule has 1 unspecified atom stereocenters. The number of amides is 1. The van der Waals surface area contributed by atoms with E-state index >= 15 is 0 Å². The Morgan fingerprint density at radius 3 is 2.40 bits per heavy atom. The predicted molar refractivity (Wildman–Crippen MR) is 61.9 cm³/mol. The van der Waals surface area contributed by atoms with Crippen LogP contribution in [0.3, 0.4) is 0 Å². The molecule has 1 amide bonds. The second-order valence-electron chi connectivity index (χ2n) is 3.38. The number of ether oxygens (including phenoxy) is 1. The topological polar surface area (TPSA) is 41.6 Å². The molecule has 0 fully saturated rings. The Kier molecular flexibility index (Phi) is 8.33. The number of carbonyl (C=O) groups excluding carboxylic acids is 1. The monoisotopic (exact) mass is 216 g/mol. The Morgan fingerprint density at radius 1 is 1.33 bits per heavy atom. The minimum atomic E-state index is -0.120. The van der Waals surface area contributed by atoms with Gasteiger partial charge in [-0.25, -0.2) is 0 Å². The van der Waals surface area contributed by atoms with Crippen molar-refractivity contribution in [2.45, 2.75) is 33.7 Å². The van der Waals surface area contributed by atoms with E-state index in [1.807, 2.05) is 32.6 Å². The summed E-state index contributed by atoms with van der Waals surface area (Å²) in [5, 5.41) is 3.15. The molecule has 90 valence electrons. The van der Waals surface area contributed by atoms with Crippen LogP contribution in [0.4, 0.5) is 0 Å². The van der Waals surface area contributed by atoms with Crippen LogP contribution in [0, 0.1) is 0 Å². The minimum absolute atomic E-state index is 0.120. The zero-order valence-corrected chi connectivity index (χ0v) is 10.4. The number of nitrogens with one attached hydrogen (secondary N) is 1. The van der Waals surface area contributed by atoms with Gasteiger partial charge in [-0.2, -0.15) is 0 Å². The molecule has 4 heteroatoms. The molecule has 0 saturated carbocycles. The highest BCUT2D eigenvalue weighted by molar-refractivity contribution is 5.81. The normalized spacial score (nSPS) is 12.5. The minimum Gasteiger partial charge on any atom is -0.380 e. The fourth-order valence-corrected chi connectivity index (χ4v) is 1.39. The second kappa shape index (κ2) is 8.68. The van der Waals surface area contributed by atoms with E-state index in [0.29, 0.717) is 6.61 Å². The Bertz CT molecular complexity index is 170. The summed E-state index contributed by atoms with van der Waals surface area (Å²) < 4.78 is 5.19. The molecule has 0 radical (unpaired) electrons. The van der Waals surface area contributed by atoms with E-state index in [1.54, 1.807) is 0 Å². The van der Waals surface area contributed by atoms with Crippen molar-refractivity contribution in [3.05, 3.63) is 0 Å². The highest BCUT2D eigenvalue weighted by Crippen LogP contribution is 1.94. The molecule has 0 aliphatic rings. The summed E-state index contributed by atoms with van der Waals surface area (Å²) in [7, 11) is 0. The maximum absolute atomic E-state index is 11.8. The third kappa shape index (κ3) is 5.74. The second-order valence-corrected chi connectivity index (χ2v) is 3.38. The van der Waals surface area contributed by atoms with Crippen LogP contribution < -0.4 is 5.32 Å². The van der Waals surface area contributed by atoms with Crippen molar-refractivity contribution in [2.24, 2.45) is 0 Å². The van der Waals surface area contributed by atoms with Crippen LogP contribution >= 0.6 is 0 Å². The van der Waals surface area contributed by atoms with Crippen LogP contribution in [0.15, 0.2) is 0 Å². The van der Waals surface area contributed by atoms with Crippen molar-refractivity contribution in [3.63, 3.8) is 0 Å². The molecule has 0 aromatic heterocycles. The Labute approximate surface area is 93.0 Å². The van der Waals surface area contributed by atoms with Crippen molar-refractivity contribution in [1.29, 1.82) is 0 Å². The lowest BCUT2D eigenvalue weighted by molar-refractivity contribution is -0.132. The van der Waals surface area contributed by atoms with Gasteiger partial charge in [0.1, 0.15) is 0 Å². The van der Waals surface area contributed by atoms with Crippen LogP contribution in [0.1, 0.15) is 27.7 Å². The summed E-state index contributed by atoms with van der Waals surface area (Å²) in [5.41, 5.74) is 0. The summed E-state index contributed by atoms with van der Waals surface area (Å²) in [4.78, 5) is 13.6. The molecule has 0 aliphatic heterocycles. The Balaban J connectivity index is 3.77. The Hall–Kier alpha value is -0.610. The van der Waals surface area contributed by atoms with Crippen LogP contribution in [0.25, 0.3) is 0 Å². The molecule has 4 nitrogen and oxygen atoms in total. The lowest BCUT2D eigenvalue weighted by atomic mass is 10.3. The molecule has 0 bridgehead atoms. The fraction of sp³-hybridized carbons (Fsp3) is 0.909. The van der Waals surface area contributed by atoms with Gasteiger partial charge >= 0.3 is 0 Å². The van der Waals surface area contributed by atoms with E-state index in [0.717, 1.165) is 26.2 Å². The van der Waals surface area contributed by atoms with Crippen LogP contribution in [-0.4, -0.2) is 49.7 Å². The van der Waals surface area contributed by atoms with E-state index in [9.17, 15) is 4.79 Å². The predicted octanol–water partition coefficient (Wildman–Crippen LogP) is 0.869. The maximum Gasteiger partial charge on any atom is 0.239 e. The quantitative estimate of drug-likeness (QED) is 0.612. The van der Waals surface area contributed by atoms with Crippen LogP contribution in [0.5, 0.6) is 0 Å². The highest BCUT2D eigenvalue weighted by atomic mass is 16.5. The molecular weight excluding hydrogens is 192 g/mol. The Morgan fingerprint density at radius 2 is 1.93 bits per heavy atom. The zero-order valence-electron chi connectivity index (χ0n) is 10.4. The molecule has 15 heavy (non-hydrogen) atoms. The summed E-state index contributed by atoms with van der Waals surface area (Å²) >= 11 is 0. The van der Waals surface area contributed by atoms with E-state index in [4.69, 9.17) is 4.74 Å². The van der Waals surface area contributed by atoms with E-state index in [-0.39, 0.29) is 11.9 Å². The smallest absolute Gasteiger partial charge is 0.239 e. The molecule has 0 spiro atoms. The van der Waals surface area contributed by atoms with Gasteiger partial charge in [-0.1, -0.05) is 0 Å². The number of rotatable bonds is 8. The molecule has 0 aliphatic carbocycles. The molecule has 0 saturated heterocycles. The lowest BCUT2D eigenvalue weighted by Gasteiger charge is -2.23. The number of likely N-dealkylation sites (N-methyl/N-ethyl adjacent to an activating group) is 1. The van der Waals surface area contributed by atoms with Crippen LogP contribution in [-0.2, 0) is 9.53 Å². The number of carbonyl (C=O) groups is 1. The summed E-state index contributed by atoms with van der Waals surface area (Å²) in [6, 6.07) is -0.120. The molecular formula is C11H24N2O2. The van der Waals surface area contributed by atoms with Gasteiger partial charge in [0.15, 0.2) is 0 Å². The van der Waals surface area contributed by atoms with Crippen molar-refractivity contribution < 1.29 is 9.53 Å². The number of nitrogens with zero attached hydrogens (tertiary/aromatic N) is 1. The maximum atomic E-state index is 11.8. The molecule has 1 atom stereocenters. The fourth-order valence-electron chi connectivity index (χ4n) is 1.39. The largest absolute Gasteiger partial charge is 0.380 e. The van der Waals surface area contributed by atoms with Gasteiger partial charge in [0.2, 0.25) is 5.91 Å². The highest BCUT2D eigenvalue weighted by Gasteiger charge is 2.16. The van der Waals surface area contributed by atoms with E-state index < -0.39 is 0 Å². The van der Waals surface area contributed by atoms with Crippen molar-refractivity contribution in [2.75, 3.05) is 32.8 Å². The molecule has 0 aromatic rings. The van der Waals surface area contributed by atoms with Gasteiger partial charge in [0, 0.05) is 26.2 Å².